The fourth-order valence-electron chi connectivity index (χ4n) is 7.13. The maximum atomic E-state index is 3.75. The zero-order chi connectivity index (χ0) is 31.1. The third-order valence-corrected chi connectivity index (χ3v) is 10.1. The monoisotopic (exact) mass is 602 g/mol. The molecule has 0 saturated heterocycles. The maximum absolute atomic E-state index is 3.75. The molecule has 1 aromatic heterocycles. The van der Waals surface area contributed by atoms with Crippen LogP contribution in [0.15, 0.2) is 12.4 Å². The summed E-state index contributed by atoms with van der Waals surface area (Å²) in [7, 11) is 0. The van der Waals surface area contributed by atoms with Crippen LogP contribution < -0.4 is 4.57 Å². The standard InChI is InChI=1S/C41H80N2/c1-5-8-11-14-17-19-21-22-23-25-27-30-33-36-40(35-32-29-26-24-20-18-15-12-9-6-2)41-42-37-38-43(41)39(4)34-31-28-16-13-10-7-3/h37-40H,5-36H2,1-4H3/p+1. The Bertz CT molecular complexity index is 664. The molecular weight excluding hydrogens is 520 g/mol. The zero-order valence-corrected chi connectivity index (χ0v) is 30.4. The molecule has 0 fully saturated rings. The lowest BCUT2D eigenvalue weighted by Gasteiger charge is -2.17. The topological polar surface area (TPSA) is 19.7 Å². The molecule has 1 heterocycles. The molecule has 0 aliphatic carbocycles. The van der Waals surface area contributed by atoms with Crippen molar-refractivity contribution in [2.24, 2.45) is 0 Å². The first-order chi connectivity index (χ1) is 21.2. The van der Waals surface area contributed by atoms with Gasteiger partial charge in [-0.1, -0.05) is 201 Å². The van der Waals surface area contributed by atoms with Crippen molar-refractivity contribution in [3.63, 3.8) is 0 Å². The lowest BCUT2D eigenvalue weighted by atomic mass is 9.92. The van der Waals surface area contributed by atoms with Gasteiger partial charge in [0.2, 0.25) is 0 Å². The van der Waals surface area contributed by atoms with Gasteiger partial charge in [0.25, 0.3) is 5.82 Å². The van der Waals surface area contributed by atoms with E-state index in [1.807, 2.05) is 0 Å². The summed E-state index contributed by atoms with van der Waals surface area (Å²) in [5.41, 5.74) is 0. The highest BCUT2D eigenvalue weighted by atomic mass is 15.1. The van der Waals surface area contributed by atoms with Gasteiger partial charge in [-0.05, 0) is 32.6 Å². The Morgan fingerprint density at radius 2 is 0.744 bits per heavy atom. The largest absolute Gasteiger partial charge is 0.257 e. The van der Waals surface area contributed by atoms with Crippen molar-refractivity contribution < 1.29 is 4.57 Å². The fourth-order valence-corrected chi connectivity index (χ4v) is 7.13. The Hall–Kier alpha value is -0.790. The Balaban J connectivity index is 2.40. The highest BCUT2D eigenvalue weighted by molar-refractivity contribution is 4.90. The van der Waals surface area contributed by atoms with Gasteiger partial charge in [0, 0.05) is 0 Å². The molecule has 2 nitrogen and oxygen atoms in total. The molecule has 1 aromatic rings. The molecule has 0 bridgehead atoms. The van der Waals surface area contributed by atoms with E-state index < -0.39 is 0 Å². The van der Waals surface area contributed by atoms with Crippen molar-refractivity contribution in [3.05, 3.63) is 18.2 Å². The number of rotatable bonds is 34. The second-order valence-corrected chi connectivity index (χ2v) is 14.4. The van der Waals surface area contributed by atoms with Gasteiger partial charge in [-0.2, -0.15) is 0 Å². The van der Waals surface area contributed by atoms with E-state index in [2.05, 4.69) is 49.6 Å². The van der Waals surface area contributed by atoms with Crippen LogP contribution in [0.1, 0.15) is 251 Å². The normalized spacial score (nSPS) is 13.1. The van der Waals surface area contributed by atoms with Crippen LogP contribution in [-0.4, -0.2) is 4.98 Å². The second-order valence-electron chi connectivity index (χ2n) is 14.4. The third-order valence-electron chi connectivity index (χ3n) is 10.1. The van der Waals surface area contributed by atoms with E-state index in [1.54, 1.807) is 0 Å². The Kier molecular flexibility index (Phi) is 29.2. The quantitative estimate of drug-likeness (QED) is 0.0599. The number of hydrogen-bond acceptors (Lipinski definition) is 0. The van der Waals surface area contributed by atoms with Crippen LogP contribution in [0.5, 0.6) is 0 Å². The lowest BCUT2D eigenvalue weighted by molar-refractivity contribution is -0.727. The van der Waals surface area contributed by atoms with Crippen LogP contribution in [0.3, 0.4) is 0 Å². The summed E-state index contributed by atoms with van der Waals surface area (Å²) in [6.07, 6.45) is 50.2. The first kappa shape index (κ1) is 40.2. The van der Waals surface area contributed by atoms with Crippen LogP contribution >= 0.6 is 0 Å². The van der Waals surface area contributed by atoms with Gasteiger partial charge in [-0.3, -0.25) is 0 Å². The molecular formula is C41H81N2+. The number of unbranched alkanes of at least 4 members (excludes halogenated alkanes) is 26. The molecule has 0 saturated carbocycles. The Morgan fingerprint density at radius 3 is 1.09 bits per heavy atom. The van der Waals surface area contributed by atoms with Crippen molar-refractivity contribution >= 4 is 0 Å². The van der Waals surface area contributed by atoms with Gasteiger partial charge in [0.05, 0.1) is 12.0 Å². The summed E-state index contributed by atoms with van der Waals surface area (Å²) >= 11 is 0. The minimum Gasteiger partial charge on any atom is -0.247 e. The number of aromatic nitrogens is 2. The number of nitrogens with one attached hydrogen (secondary N) is 1. The molecule has 0 aromatic carbocycles. The molecule has 43 heavy (non-hydrogen) atoms. The van der Waals surface area contributed by atoms with E-state index in [0.717, 1.165) is 0 Å². The molecule has 0 radical (unpaired) electrons. The van der Waals surface area contributed by atoms with Crippen LogP contribution in [0.4, 0.5) is 0 Å². The molecule has 0 aliphatic rings. The van der Waals surface area contributed by atoms with Gasteiger partial charge in [-0.15, -0.1) is 0 Å². The van der Waals surface area contributed by atoms with Gasteiger partial charge < -0.3 is 0 Å². The predicted octanol–water partition coefficient (Wildman–Crippen LogP) is 14.5. The minimum atomic E-state index is 0.620. The fraction of sp³-hybridized carbons (Fsp3) is 0.927. The zero-order valence-electron chi connectivity index (χ0n) is 30.4. The molecule has 254 valence electrons. The second kappa shape index (κ2) is 31.2. The molecule has 2 unspecified atom stereocenters. The van der Waals surface area contributed by atoms with Crippen LogP contribution in [0.25, 0.3) is 0 Å². The van der Waals surface area contributed by atoms with Crippen molar-refractivity contribution in [1.82, 2.24) is 4.98 Å². The summed E-state index contributed by atoms with van der Waals surface area (Å²) in [6.45, 7) is 9.41. The van der Waals surface area contributed by atoms with Crippen LogP contribution in [0.2, 0.25) is 0 Å². The van der Waals surface area contributed by atoms with Gasteiger partial charge in [0.15, 0.2) is 0 Å². The summed E-state index contributed by atoms with van der Waals surface area (Å²) in [4.78, 5) is 3.75. The lowest BCUT2D eigenvalue weighted by Crippen LogP contribution is -2.41. The predicted molar refractivity (Wildman–Crippen MR) is 193 cm³/mol. The molecule has 0 aliphatic heterocycles. The minimum absolute atomic E-state index is 0.620. The molecule has 1 N–H and O–H groups in total. The molecule has 2 heteroatoms. The Morgan fingerprint density at radius 1 is 0.442 bits per heavy atom. The summed E-state index contributed by atoms with van der Waals surface area (Å²) in [5, 5.41) is 0. The number of imidazole rings is 1. The van der Waals surface area contributed by atoms with Crippen molar-refractivity contribution in [1.29, 1.82) is 0 Å². The van der Waals surface area contributed by atoms with E-state index in [9.17, 15) is 0 Å². The van der Waals surface area contributed by atoms with Gasteiger partial charge in [-0.25, -0.2) is 9.55 Å². The van der Waals surface area contributed by atoms with E-state index in [4.69, 9.17) is 0 Å². The SMILES string of the molecule is CCCCCCCCCCCCCCCC(CCCCCCCCCCCC)c1[nH]cc[n+]1C(C)CCCCCCCC. The van der Waals surface area contributed by atoms with E-state index >= 15 is 0 Å². The highest BCUT2D eigenvalue weighted by Gasteiger charge is 2.25. The smallest absolute Gasteiger partial charge is 0.247 e. The first-order valence-corrected chi connectivity index (χ1v) is 20.3. The molecule has 0 spiro atoms. The molecule has 1 rings (SSSR count). The van der Waals surface area contributed by atoms with Gasteiger partial charge in [0.1, 0.15) is 12.4 Å². The molecule has 0 amide bonds. The molecule has 2 atom stereocenters. The van der Waals surface area contributed by atoms with E-state index in [-0.39, 0.29) is 0 Å². The number of hydrogen-bond donors (Lipinski definition) is 1. The van der Waals surface area contributed by atoms with Crippen molar-refractivity contribution in [3.8, 4) is 0 Å². The van der Waals surface area contributed by atoms with Gasteiger partial charge >= 0.3 is 0 Å². The van der Waals surface area contributed by atoms with E-state index in [0.29, 0.717) is 12.0 Å². The van der Waals surface area contributed by atoms with Crippen LogP contribution in [0, 0.1) is 0 Å². The average molecular weight is 602 g/mol. The summed E-state index contributed by atoms with van der Waals surface area (Å²) < 4.78 is 2.63. The number of nitrogens with zero attached hydrogens (tertiary/aromatic N) is 1. The summed E-state index contributed by atoms with van der Waals surface area (Å²) in [5.74, 6) is 2.25. The highest BCUT2D eigenvalue weighted by Crippen LogP contribution is 2.27. The van der Waals surface area contributed by atoms with Crippen molar-refractivity contribution in [2.75, 3.05) is 0 Å². The summed E-state index contributed by atoms with van der Waals surface area (Å²) in [6, 6.07) is 0.620. The number of H-pyrrole nitrogens is 1. The third kappa shape index (κ3) is 23.2. The first-order valence-electron chi connectivity index (χ1n) is 20.3. The number of aromatic amines is 1. The van der Waals surface area contributed by atoms with Crippen LogP contribution in [-0.2, 0) is 0 Å². The Labute approximate surface area is 272 Å². The van der Waals surface area contributed by atoms with Crippen molar-refractivity contribution in [2.45, 2.75) is 245 Å². The maximum Gasteiger partial charge on any atom is 0.257 e. The average Bonchev–Trinajstić information content (AvgIpc) is 3.51. The van der Waals surface area contributed by atoms with E-state index in [1.165, 1.54) is 211 Å².